The van der Waals surface area contributed by atoms with Crippen LogP contribution in [-0.4, -0.2) is 52.1 Å². The molecule has 0 bridgehead atoms. The number of amides is 2. The highest BCUT2D eigenvalue weighted by molar-refractivity contribution is 5.83. The van der Waals surface area contributed by atoms with Crippen LogP contribution in [0.1, 0.15) is 51.9 Å². The van der Waals surface area contributed by atoms with E-state index in [2.05, 4.69) is 6.92 Å². The molecule has 2 saturated heterocycles. The smallest absolute Gasteiger partial charge is 0.326 e. The lowest BCUT2D eigenvalue weighted by Gasteiger charge is -2.34. The third-order valence-electron chi connectivity index (χ3n) is 4.38. The molecular formula is C14H24N2O3. The first-order chi connectivity index (χ1) is 9.15. The zero-order valence-electron chi connectivity index (χ0n) is 11.7. The predicted molar refractivity (Wildman–Crippen MR) is 72.0 cm³/mol. The van der Waals surface area contributed by atoms with Crippen LogP contribution < -0.4 is 0 Å². The van der Waals surface area contributed by atoms with E-state index in [1.807, 2.05) is 4.90 Å². The van der Waals surface area contributed by atoms with Gasteiger partial charge >= 0.3 is 12.0 Å². The van der Waals surface area contributed by atoms with E-state index in [1.165, 1.54) is 12.8 Å². The number of carboxylic acids is 1. The lowest BCUT2D eigenvalue weighted by atomic mass is 10.1. The first-order valence-electron chi connectivity index (χ1n) is 7.45. The van der Waals surface area contributed by atoms with Crippen LogP contribution in [0.2, 0.25) is 0 Å². The molecule has 2 heterocycles. The molecule has 2 fully saturated rings. The van der Waals surface area contributed by atoms with Gasteiger partial charge in [-0.3, -0.25) is 0 Å². The third-order valence-corrected chi connectivity index (χ3v) is 4.38. The maximum Gasteiger partial charge on any atom is 0.326 e. The van der Waals surface area contributed by atoms with Crippen molar-refractivity contribution in [3.8, 4) is 0 Å². The van der Waals surface area contributed by atoms with Crippen LogP contribution in [0.25, 0.3) is 0 Å². The van der Waals surface area contributed by atoms with Gasteiger partial charge in [0.05, 0.1) is 0 Å². The summed E-state index contributed by atoms with van der Waals surface area (Å²) >= 11 is 0. The van der Waals surface area contributed by atoms with Crippen molar-refractivity contribution in [2.24, 2.45) is 0 Å². The van der Waals surface area contributed by atoms with Crippen LogP contribution in [-0.2, 0) is 4.79 Å². The molecule has 108 valence electrons. The zero-order valence-corrected chi connectivity index (χ0v) is 11.7. The van der Waals surface area contributed by atoms with Crippen molar-refractivity contribution < 1.29 is 14.7 Å². The summed E-state index contributed by atoms with van der Waals surface area (Å²) in [5.74, 6) is -0.867. The fourth-order valence-corrected chi connectivity index (χ4v) is 3.27. The SMILES string of the molecule is CCC1CCCCCN1C(=O)N1CCC[C@H]1C(=O)O. The fraction of sp³-hybridized carbons (Fsp3) is 0.857. The average Bonchev–Trinajstić information content (AvgIpc) is 2.76. The number of carbonyl (C=O) groups is 2. The Bertz CT molecular complexity index is 346. The van der Waals surface area contributed by atoms with Gasteiger partial charge in [0, 0.05) is 19.1 Å². The molecule has 2 atom stereocenters. The Labute approximate surface area is 114 Å². The molecule has 0 aromatic carbocycles. The van der Waals surface area contributed by atoms with Gasteiger partial charge < -0.3 is 14.9 Å². The Kier molecular flexibility index (Phi) is 4.66. The van der Waals surface area contributed by atoms with E-state index in [0.29, 0.717) is 13.0 Å². The molecule has 0 radical (unpaired) electrons. The summed E-state index contributed by atoms with van der Waals surface area (Å²) in [4.78, 5) is 27.3. The summed E-state index contributed by atoms with van der Waals surface area (Å²) in [6, 6.07) is -0.392. The van der Waals surface area contributed by atoms with Crippen molar-refractivity contribution in [3.05, 3.63) is 0 Å². The minimum atomic E-state index is -0.867. The summed E-state index contributed by atoms with van der Waals surface area (Å²) < 4.78 is 0. The van der Waals surface area contributed by atoms with Crippen molar-refractivity contribution in [1.29, 1.82) is 0 Å². The van der Waals surface area contributed by atoms with Crippen molar-refractivity contribution in [2.45, 2.75) is 64.0 Å². The van der Waals surface area contributed by atoms with Crippen molar-refractivity contribution in [2.75, 3.05) is 13.1 Å². The summed E-state index contributed by atoms with van der Waals surface area (Å²) in [6.07, 6.45) is 6.77. The molecule has 2 amide bonds. The summed E-state index contributed by atoms with van der Waals surface area (Å²) in [5.41, 5.74) is 0. The van der Waals surface area contributed by atoms with Crippen LogP contribution in [0.3, 0.4) is 0 Å². The van der Waals surface area contributed by atoms with Crippen LogP contribution >= 0.6 is 0 Å². The Morgan fingerprint density at radius 2 is 1.79 bits per heavy atom. The standard InChI is InChI=1S/C14H24N2O3/c1-2-11-7-4-3-5-9-15(11)14(19)16-10-6-8-12(16)13(17)18/h11-12H,2-10H2,1H3,(H,17,18)/t11?,12-/m0/s1. The molecular weight excluding hydrogens is 244 g/mol. The molecule has 0 aliphatic carbocycles. The van der Waals surface area contributed by atoms with Gasteiger partial charge in [-0.15, -0.1) is 0 Å². The molecule has 5 heteroatoms. The molecule has 2 rings (SSSR count). The molecule has 0 saturated carbocycles. The van der Waals surface area contributed by atoms with Gasteiger partial charge in [-0.1, -0.05) is 19.8 Å². The molecule has 5 nitrogen and oxygen atoms in total. The van der Waals surface area contributed by atoms with Gasteiger partial charge in [-0.05, 0) is 32.1 Å². The van der Waals surface area contributed by atoms with Gasteiger partial charge in [0.1, 0.15) is 6.04 Å². The number of nitrogens with zero attached hydrogens (tertiary/aromatic N) is 2. The van der Waals surface area contributed by atoms with Gasteiger partial charge in [0.25, 0.3) is 0 Å². The second-order valence-corrected chi connectivity index (χ2v) is 5.58. The molecule has 1 unspecified atom stereocenters. The highest BCUT2D eigenvalue weighted by atomic mass is 16.4. The van der Waals surface area contributed by atoms with E-state index in [9.17, 15) is 14.7 Å². The van der Waals surface area contributed by atoms with Gasteiger partial charge in [0.15, 0.2) is 0 Å². The second-order valence-electron chi connectivity index (χ2n) is 5.58. The molecule has 19 heavy (non-hydrogen) atoms. The third kappa shape index (κ3) is 3.01. The molecule has 1 N–H and O–H groups in total. The van der Waals surface area contributed by atoms with E-state index in [0.717, 1.165) is 32.2 Å². The maximum absolute atomic E-state index is 12.6. The number of carboxylic acid groups (broad SMARTS) is 1. The second kappa shape index (κ2) is 6.26. The minimum absolute atomic E-state index is 0.0568. The van der Waals surface area contributed by atoms with Gasteiger partial charge in [-0.25, -0.2) is 9.59 Å². The number of hydrogen-bond acceptors (Lipinski definition) is 2. The number of carbonyl (C=O) groups excluding carboxylic acids is 1. The Balaban J connectivity index is 2.09. The molecule has 2 aliphatic heterocycles. The number of likely N-dealkylation sites (tertiary alicyclic amines) is 2. The minimum Gasteiger partial charge on any atom is -0.480 e. The Hall–Kier alpha value is -1.26. The van der Waals surface area contributed by atoms with Gasteiger partial charge in [-0.2, -0.15) is 0 Å². The summed E-state index contributed by atoms with van der Waals surface area (Å²) in [5, 5.41) is 9.20. The monoisotopic (exact) mass is 268 g/mol. The van der Waals surface area contributed by atoms with Crippen LogP contribution in [0.5, 0.6) is 0 Å². The predicted octanol–water partition coefficient (Wildman–Crippen LogP) is 2.31. The number of rotatable bonds is 2. The highest BCUT2D eigenvalue weighted by Crippen LogP contribution is 2.24. The van der Waals surface area contributed by atoms with E-state index in [-0.39, 0.29) is 12.1 Å². The normalized spacial score (nSPS) is 28.3. The zero-order chi connectivity index (χ0) is 13.8. The quantitative estimate of drug-likeness (QED) is 0.836. The van der Waals surface area contributed by atoms with E-state index in [4.69, 9.17) is 0 Å². The fourth-order valence-electron chi connectivity index (χ4n) is 3.27. The molecule has 0 aromatic heterocycles. The topological polar surface area (TPSA) is 60.9 Å². The van der Waals surface area contributed by atoms with Crippen molar-refractivity contribution in [1.82, 2.24) is 9.80 Å². The highest BCUT2D eigenvalue weighted by Gasteiger charge is 2.37. The summed E-state index contributed by atoms with van der Waals surface area (Å²) in [6.45, 7) is 3.47. The van der Waals surface area contributed by atoms with E-state index >= 15 is 0 Å². The van der Waals surface area contributed by atoms with Crippen molar-refractivity contribution >= 4 is 12.0 Å². The number of aliphatic carboxylic acids is 1. The first kappa shape index (κ1) is 14.2. The number of urea groups is 1. The Morgan fingerprint density at radius 3 is 2.47 bits per heavy atom. The average molecular weight is 268 g/mol. The molecule has 0 aromatic rings. The van der Waals surface area contributed by atoms with Crippen molar-refractivity contribution in [3.63, 3.8) is 0 Å². The van der Waals surface area contributed by atoms with E-state index in [1.54, 1.807) is 4.90 Å². The largest absolute Gasteiger partial charge is 0.480 e. The lowest BCUT2D eigenvalue weighted by molar-refractivity contribution is -0.141. The lowest BCUT2D eigenvalue weighted by Crippen LogP contribution is -2.51. The van der Waals surface area contributed by atoms with Crippen LogP contribution in [0, 0.1) is 0 Å². The van der Waals surface area contributed by atoms with E-state index < -0.39 is 12.0 Å². The first-order valence-corrected chi connectivity index (χ1v) is 7.45. The number of hydrogen-bond donors (Lipinski definition) is 1. The van der Waals surface area contributed by atoms with Gasteiger partial charge in [0.2, 0.25) is 0 Å². The molecule has 2 aliphatic rings. The van der Waals surface area contributed by atoms with Crippen LogP contribution in [0.15, 0.2) is 0 Å². The van der Waals surface area contributed by atoms with Crippen LogP contribution in [0.4, 0.5) is 4.79 Å². The Morgan fingerprint density at radius 1 is 1.05 bits per heavy atom. The summed E-state index contributed by atoms with van der Waals surface area (Å²) in [7, 11) is 0. The molecule has 0 spiro atoms. The maximum atomic E-state index is 12.6.